The Bertz CT molecular complexity index is 1320. The number of benzene rings is 3. The molecule has 0 aliphatic carbocycles. The van der Waals surface area contributed by atoms with Crippen LogP contribution in [0.1, 0.15) is 19.3 Å². The molecule has 184 valence electrons. The first kappa shape index (κ1) is 24.7. The van der Waals surface area contributed by atoms with Crippen LogP contribution in [-0.4, -0.2) is 51.9 Å². The number of fused-ring (bicyclic) bond motifs is 1. The van der Waals surface area contributed by atoms with Crippen molar-refractivity contribution in [3.63, 3.8) is 0 Å². The van der Waals surface area contributed by atoms with E-state index in [0.717, 1.165) is 10.8 Å². The number of para-hydroxylation sites is 2. The number of amides is 2. The Morgan fingerprint density at radius 1 is 0.971 bits per heavy atom. The summed E-state index contributed by atoms with van der Waals surface area (Å²) < 4.78 is 33.1. The molecule has 3 aromatic rings. The van der Waals surface area contributed by atoms with Gasteiger partial charge in [-0.05, 0) is 47.9 Å². The Morgan fingerprint density at radius 3 is 2.40 bits per heavy atom. The van der Waals surface area contributed by atoms with Crippen molar-refractivity contribution in [2.75, 3.05) is 32.1 Å². The molecule has 1 fully saturated rings. The molecule has 0 spiro atoms. The highest BCUT2D eigenvalue weighted by atomic mass is 32.2. The molecule has 2 N–H and O–H groups in total. The molecular formula is C26H29N3O5S. The van der Waals surface area contributed by atoms with Gasteiger partial charge in [0.1, 0.15) is 5.75 Å². The number of methoxy groups -OCH3 is 1. The predicted molar refractivity (Wildman–Crippen MR) is 135 cm³/mol. The molecule has 9 heteroatoms. The first-order valence-corrected chi connectivity index (χ1v) is 13.1. The fraction of sp³-hybridized carbons (Fsp3) is 0.308. The highest BCUT2D eigenvalue weighted by Gasteiger charge is 2.28. The van der Waals surface area contributed by atoms with Gasteiger partial charge in [0.05, 0.1) is 17.7 Å². The summed E-state index contributed by atoms with van der Waals surface area (Å²) in [6.45, 7) is 0.933. The smallest absolute Gasteiger partial charge is 0.240 e. The monoisotopic (exact) mass is 495 g/mol. The van der Waals surface area contributed by atoms with Gasteiger partial charge in [-0.2, -0.15) is 0 Å². The van der Waals surface area contributed by atoms with Gasteiger partial charge in [0.2, 0.25) is 21.8 Å². The van der Waals surface area contributed by atoms with E-state index in [1.165, 1.54) is 0 Å². The summed E-state index contributed by atoms with van der Waals surface area (Å²) in [6.07, 6.45) is 1.16. The van der Waals surface area contributed by atoms with Crippen molar-refractivity contribution in [2.24, 2.45) is 5.92 Å². The highest BCUT2D eigenvalue weighted by Crippen LogP contribution is 2.26. The average molecular weight is 496 g/mol. The van der Waals surface area contributed by atoms with Crippen molar-refractivity contribution in [3.05, 3.63) is 66.7 Å². The van der Waals surface area contributed by atoms with Crippen LogP contribution in [0.2, 0.25) is 0 Å². The van der Waals surface area contributed by atoms with Crippen LogP contribution in [0.15, 0.2) is 71.6 Å². The molecule has 0 aromatic heterocycles. The summed E-state index contributed by atoms with van der Waals surface area (Å²) >= 11 is 0. The standard InChI is InChI=1S/C26H29N3O5S/c1-34-24-9-5-4-8-23(24)28-26(31)20-13-16-29(17-14-20)25(30)12-15-27-35(32,33)22-11-10-19-6-2-3-7-21(19)18-22/h2-11,18,20,27H,12-17H2,1H3,(H,28,31). The van der Waals surface area contributed by atoms with Crippen LogP contribution < -0.4 is 14.8 Å². The molecule has 1 saturated heterocycles. The lowest BCUT2D eigenvalue weighted by molar-refractivity contribution is -0.134. The van der Waals surface area contributed by atoms with Gasteiger partial charge < -0.3 is 15.0 Å². The maximum atomic E-state index is 12.7. The summed E-state index contributed by atoms with van der Waals surface area (Å²) in [5, 5.41) is 4.71. The third-order valence-corrected chi connectivity index (χ3v) is 7.70. The third-order valence-electron chi connectivity index (χ3n) is 6.25. The SMILES string of the molecule is COc1ccccc1NC(=O)C1CCN(C(=O)CCNS(=O)(=O)c2ccc3ccccc3c2)CC1. The van der Waals surface area contributed by atoms with Gasteiger partial charge in [-0.15, -0.1) is 0 Å². The summed E-state index contributed by atoms with van der Waals surface area (Å²) in [6, 6.07) is 19.7. The summed E-state index contributed by atoms with van der Waals surface area (Å²) in [7, 11) is -2.17. The zero-order valence-corrected chi connectivity index (χ0v) is 20.4. The van der Waals surface area contributed by atoms with Crippen LogP contribution in [0.3, 0.4) is 0 Å². The molecule has 0 atom stereocenters. The van der Waals surface area contributed by atoms with Crippen LogP contribution in [0, 0.1) is 5.92 Å². The van der Waals surface area contributed by atoms with E-state index >= 15 is 0 Å². The van der Waals surface area contributed by atoms with Crippen molar-refractivity contribution < 1.29 is 22.7 Å². The van der Waals surface area contributed by atoms with Crippen molar-refractivity contribution in [1.82, 2.24) is 9.62 Å². The molecular weight excluding hydrogens is 466 g/mol. The molecule has 1 heterocycles. The van der Waals surface area contributed by atoms with Crippen molar-refractivity contribution in [1.29, 1.82) is 0 Å². The van der Waals surface area contributed by atoms with E-state index in [1.807, 2.05) is 36.4 Å². The second-order valence-corrected chi connectivity index (χ2v) is 10.3. The number of carbonyl (C=O) groups is 2. The molecule has 1 aliphatic heterocycles. The van der Waals surface area contributed by atoms with Crippen LogP contribution >= 0.6 is 0 Å². The van der Waals surface area contributed by atoms with E-state index in [4.69, 9.17) is 4.74 Å². The molecule has 0 saturated carbocycles. The van der Waals surface area contributed by atoms with Gasteiger partial charge in [0, 0.05) is 32.0 Å². The third kappa shape index (κ3) is 5.98. The molecule has 1 aliphatic rings. The molecule has 2 amide bonds. The minimum atomic E-state index is -3.72. The van der Waals surface area contributed by atoms with Gasteiger partial charge >= 0.3 is 0 Å². The van der Waals surface area contributed by atoms with Crippen LogP contribution in [0.4, 0.5) is 5.69 Å². The molecule has 35 heavy (non-hydrogen) atoms. The molecule has 4 rings (SSSR count). The zero-order chi connectivity index (χ0) is 24.8. The minimum Gasteiger partial charge on any atom is -0.495 e. The summed E-state index contributed by atoms with van der Waals surface area (Å²) in [5.74, 6) is 0.175. The predicted octanol–water partition coefficient (Wildman–Crippen LogP) is 3.39. The van der Waals surface area contributed by atoms with Gasteiger partial charge in [-0.1, -0.05) is 42.5 Å². The van der Waals surface area contributed by atoms with Crippen molar-refractivity contribution >= 4 is 38.3 Å². The number of ether oxygens (including phenoxy) is 1. The lowest BCUT2D eigenvalue weighted by Crippen LogP contribution is -2.42. The second-order valence-electron chi connectivity index (χ2n) is 8.50. The molecule has 3 aromatic carbocycles. The Hall–Kier alpha value is -3.43. The molecule has 0 unspecified atom stereocenters. The Morgan fingerprint density at radius 2 is 1.66 bits per heavy atom. The summed E-state index contributed by atoms with van der Waals surface area (Å²) in [4.78, 5) is 27.1. The number of sulfonamides is 1. The van der Waals surface area contributed by atoms with E-state index < -0.39 is 10.0 Å². The first-order chi connectivity index (χ1) is 16.9. The Labute approximate surface area is 205 Å². The van der Waals surface area contributed by atoms with Gasteiger partial charge in [-0.3, -0.25) is 9.59 Å². The minimum absolute atomic E-state index is 0.0161. The average Bonchev–Trinajstić information content (AvgIpc) is 2.88. The summed E-state index contributed by atoms with van der Waals surface area (Å²) in [5.41, 5.74) is 0.622. The van der Waals surface area contributed by atoms with Crippen LogP contribution in [-0.2, 0) is 19.6 Å². The topological polar surface area (TPSA) is 105 Å². The van der Waals surface area contributed by atoms with E-state index in [0.29, 0.717) is 37.4 Å². The van der Waals surface area contributed by atoms with E-state index in [1.54, 1.807) is 42.3 Å². The Kier molecular flexibility index (Phi) is 7.67. The molecule has 0 radical (unpaired) electrons. The normalized spacial score (nSPS) is 14.6. The first-order valence-electron chi connectivity index (χ1n) is 11.6. The van der Waals surface area contributed by atoms with E-state index in [-0.39, 0.29) is 35.6 Å². The number of anilines is 1. The van der Waals surface area contributed by atoms with E-state index in [9.17, 15) is 18.0 Å². The number of carbonyl (C=O) groups excluding carboxylic acids is 2. The Balaban J connectivity index is 1.24. The fourth-order valence-electron chi connectivity index (χ4n) is 4.24. The largest absolute Gasteiger partial charge is 0.495 e. The van der Waals surface area contributed by atoms with Crippen molar-refractivity contribution in [2.45, 2.75) is 24.2 Å². The van der Waals surface area contributed by atoms with E-state index in [2.05, 4.69) is 10.0 Å². The maximum absolute atomic E-state index is 12.7. The number of nitrogens with zero attached hydrogens (tertiary/aromatic N) is 1. The molecule has 8 nitrogen and oxygen atoms in total. The maximum Gasteiger partial charge on any atom is 0.240 e. The van der Waals surface area contributed by atoms with Crippen LogP contribution in [0.25, 0.3) is 10.8 Å². The highest BCUT2D eigenvalue weighted by molar-refractivity contribution is 7.89. The van der Waals surface area contributed by atoms with Gasteiger partial charge in [0.15, 0.2) is 0 Å². The number of rotatable bonds is 8. The molecule has 0 bridgehead atoms. The van der Waals surface area contributed by atoms with Gasteiger partial charge in [-0.25, -0.2) is 13.1 Å². The van der Waals surface area contributed by atoms with Crippen molar-refractivity contribution in [3.8, 4) is 5.75 Å². The number of hydrogen-bond donors (Lipinski definition) is 2. The number of piperidine rings is 1. The zero-order valence-electron chi connectivity index (χ0n) is 19.6. The quantitative estimate of drug-likeness (QED) is 0.498. The number of nitrogens with one attached hydrogen (secondary N) is 2. The lowest BCUT2D eigenvalue weighted by atomic mass is 9.95. The number of hydrogen-bond acceptors (Lipinski definition) is 5. The van der Waals surface area contributed by atoms with Gasteiger partial charge in [0.25, 0.3) is 0 Å². The lowest BCUT2D eigenvalue weighted by Gasteiger charge is -2.31. The second kappa shape index (κ2) is 10.9. The van der Waals surface area contributed by atoms with Crippen LogP contribution in [0.5, 0.6) is 5.75 Å². The number of likely N-dealkylation sites (tertiary alicyclic amines) is 1. The fourth-order valence-corrected chi connectivity index (χ4v) is 5.31.